The number of benzene rings is 2. The first kappa shape index (κ1) is 16.3. The lowest BCUT2D eigenvalue weighted by Gasteiger charge is -2.30. The molecule has 0 spiro atoms. The summed E-state index contributed by atoms with van der Waals surface area (Å²) in [6.45, 7) is 1.88. The van der Waals surface area contributed by atoms with E-state index in [4.69, 9.17) is 5.26 Å². The highest BCUT2D eigenvalue weighted by atomic mass is 32.2. The Morgan fingerprint density at radius 2 is 1.62 bits per heavy atom. The molecular weight excluding hydrogens is 322 g/mol. The van der Waals surface area contributed by atoms with Gasteiger partial charge in [0.05, 0.1) is 27.9 Å². The van der Waals surface area contributed by atoms with Crippen LogP contribution in [-0.4, -0.2) is 21.5 Å². The molecule has 1 aliphatic heterocycles. The van der Waals surface area contributed by atoms with E-state index in [1.807, 2.05) is 24.3 Å². The fourth-order valence-electron chi connectivity index (χ4n) is 2.88. The second-order valence-corrected chi connectivity index (χ2v) is 7.49. The van der Waals surface area contributed by atoms with E-state index in [-0.39, 0.29) is 4.90 Å². The molecule has 5 nitrogen and oxygen atoms in total. The number of para-hydroxylation sites is 2. The van der Waals surface area contributed by atoms with Crippen LogP contribution in [0.2, 0.25) is 0 Å². The Morgan fingerprint density at radius 3 is 2.29 bits per heavy atom. The smallest absolute Gasteiger partial charge is 0.261 e. The topological polar surface area (TPSA) is 73.2 Å². The Morgan fingerprint density at radius 1 is 0.958 bits per heavy atom. The lowest BCUT2D eigenvalue weighted by Crippen LogP contribution is -2.30. The molecular formula is C18H19N3O2S. The standard InChI is InChI=1S/C18H19N3O2S/c19-14-15-8-10-16(11-9-15)24(22,23)20-17-6-2-3-7-18(17)21-12-4-1-5-13-21/h2-3,6-11,20H,1,4-5,12-13H2. The van der Waals surface area contributed by atoms with E-state index in [0.717, 1.165) is 31.6 Å². The number of nitrogens with zero attached hydrogens (tertiary/aromatic N) is 2. The fourth-order valence-corrected chi connectivity index (χ4v) is 3.96. The average Bonchev–Trinajstić information content (AvgIpc) is 2.63. The monoisotopic (exact) mass is 341 g/mol. The Hall–Kier alpha value is -2.52. The maximum absolute atomic E-state index is 12.6. The predicted molar refractivity (Wildman–Crippen MR) is 94.5 cm³/mol. The van der Waals surface area contributed by atoms with Gasteiger partial charge in [0.25, 0.3) is 10.0 Å². The van der Waals surface area contributed by atoms with Crippen molar-refractivity contribution in [1.82, 2.24) is 0 Å². The number of hydrogen-bond donors (Lipinski definition) is 1. The van der Waals surface area contributed by atoms with Crippen molar-refractivity contribution in [2.45, 2.75) is 24.2 Å². The van der Waals surface area contributed by atoms with Crippen LogP contribution in [0.5, 0.6) is 0 Å². The van der Waals surface area contributed by atoms with E-state index in [1.54, 1.807) is 6.07 Å². The van der Waals surface area contributed by atoms with Gasteiger partial charge in [-0.25, -0.2) is 8.42 Å². The minimum Gasteiger partial charge on any atom is -0.370 e. The van der Waals surface area contributed by atoms with E-state index in [2.05, 4.69) is 9.62 Å². The quantitative estimate of drug-likeness (QED) is 0.925. The minimum absolute atomic E-state index is 0.148. The summed E-state index contributed by atoms with van der Waals surface area (Å²) in [6.07, 6.45) is 3.46. The van der Waals surface area contributed by atoms with E-state index in [0.29, 0.717) is 11.3 Å². The second-order valence-electron chi connectivity index (χ2n) is 5.81. The zero-order chi connectivity index (χ0) is 17.0. The van der Waals surface area contributed by atoms with E-state index >= 15 is 0 Å². The third-order valence-electron chi connectivity index (χ3n) is 4.14. The molecule has 1 fully saturated rings. The first-order valence-corrected chi connectivity index (χ1v) is 9.45. The molecule has 2 aromatic carbocycles. The molecule has 6 heteroatoms. The van der Waals surface area contributed by atoms with Gasteiger partial charge < -0.3 is 4.90 Å². The largest absolute Gasteiger partial charge is 0.370 e. The van der Waals surface area contributed by atoms with E-state index in [9.17, 15) is 8.42 Å². The van der Waals surface area contributed by atoms with Gasteiger partial charge in [0, 0.05) is 13.1 Å². The number of piperidine rings is 1. The van der Waals surface area contributed by atoms with Crippen molar-refractivity contribution in [2.75, 3.05) is 22.7 Å². The Labute approximate surface area is 142 Å². The molecule has 1 N–H and O–H groups in total. The van der Waals surface area contributed by atoms with E-state index in [1.165, 1.54) is 30.7 Å². The fraction of sp³-hybridized carbons (Fsp3) is 0.278. The number of sulfonamides is 1. The molecule has 0 radical (unpaired) electrons. The molecule has 0 aliphatic carbocycles. The highest BCUT2D eigenvalue weighted by Crippen LogP contribution is 2.30. The van der Waals surface area contributed by atoms with Gasteiger partial charge in [0.15, 0.2) is 0 Å². The number of nitrogens with one attached hydrogen (secondary N) is 1. The third-order valence-corrected chi connectivity index (χ3v) is 5.52. The summed E-state index contributed by atoms with van der Waals surface area (Å²) in [5, 5.41) is 8.83. The number of hydrogen-bond acceptors (Lipinski definition) is 4. The molecule has 0 atom stereocenters. The maximum Gasteiger partial charge on any atom is 0.261 e. The van der Waals surface area contributed by atoms with Crippen LogP contribution in [-0.2, 0) is 10.0 Å². The van der Waals surface area contributed by atoms with Crippen LogP contribution < -0.4 is 9.62 Å². The van der Waals surface area contributed by atoms with Crippen LogP contribution in [0.4, 0.5) is 11.4 Å². The summed E-state index contributed by atoms with van der Waals surface area (Å²) >= 11 is 0. The highest BCUT2D eigenvalue weighted by molar-refractivity contribution is 7.92. The lowest BCUT2D eigenvalue weighted by molar-refractivity contribution is 0.578. The number of rotatable bonds is 4. The van der Waals surface area contributed by atoms with Crippen LogP contribution in [0, 0.1) is 11.3 Å². The first-order valence-electron chi connectivity index (χ1n) is 7.97. The molecule has 0 saturated carbocycles. The van der Waals surface area contributed by atoms with Gasteiger partial charge >= 0.3 is 0 Å². The van der Waals surface area contributed by atoms with Gasteiger partial charge in [-0.2, -0.15) is 5.26 Å². The molecule has 0 bridgehead atoms. The van der Waals surface area contributed by atoms with Crippen molar-refractivity contribution in [3.8, 4) is 6.07 Å². The Balaban J connectivity index is 1.88. The zero-order valence-corrected chi connectivity index (χ0v) is 14.1. The molecule has 24 heavy (non-hydrogen) atoms. The summed E-state index contributed by atoms with van der Waals surface area (Å²) in [6, 6.07) is 15.4. The zero-order valence-electron chi connectivity index (χ0n) is 13.3. The Bertz CT molecular complexity index is 849. The van der Waals surface area contributed by atoms with Crippen molar-refractivity contribution < 1.29 is 8.42 Å². The third kappa shape index (κ3) is 3.52. The van der Waals surface area contributed by atoms with Gasteiger partial charge in [-0.15, -0.1) is 0 Å². The summed E-state index contributed by atoms with van der Waals surface area (Å²) in [5.74, 6) is 0. The van der Waals surface area contributed by atoms with Crippen LogP contribution >= 0.6 is 0 Å². The van der Waals surface area contributed by atoms with Crippen molar-refractivity contribution in [1.29, 1.82) is 5.26 Å². The van der Waals surface area contributed by atoms with Gasteiger partial charge in [-0.1, -0.05) is 12.1 Å². The van der Waals surface area contributed by atoms with Gasteiger partial charge in [0.1, 0.15) is 0 Å². The van der Waals surface area contributed by atoms with Gasteiger partial charge in [0.2, 0.25) is 0 Å². The van der Waals surface area contributed by atoms with Crippen LogP contribution in [0.25, 0.3) is 0 Å². The molecule has 1 saturated heterocycles. The van der Waals surface area contributed by atoms with Crippen molar-refractivity contribution in [3.63, 3.8) is 0 Å². The van der Waals surface area contributed by atoms with E-state index < -0.39 is 10.0 Å². The summed E-state index contributed by atoms with van der Waals surface area (Å²) < 4.78 is 27.9. The summed E-state index contributed by atoms with van der Waals surface area (Å²) in [7, 11) is -3.69. The van der Waals surface area contributed by atoms with Gasteiger partial charge in [-0.3, -0.25) is 4.72 Å². The molecule has 1 heterocycles. The summed E-state index contributed by atoms with van der Waals surface area (Å²) in [4.78, 5) is 2.37. The maximum atomic E-state index is 12.6. The van der Waals surface area contributed by atoms with Gasteiger partial charge in [-0.05, 0) is 55.7 Å². The predicted octanol–water partition coefficient (Wildman–Crippen LogP) is 3.35. The number of nitriles is 1. The van der Waals surface area contributed by atoms with Crippen LogP contribution in [0.1, 0.15) is 24.8 Å². The first-order chi connectivity index (χ1) is 11.6. The highest BCUT2D eigenvalue weighted by Gasteiger charge is 2.19. The molecule has 3 rings (SSSR count). The number of anilines is 2. The molecule has 0 aromatic heterocycles. The second kappa shape index (κ2) is 6.93. The van der Waals surface area contributed by atoms with Crippen LogP contribution in [0.3, 0.4) is 0 Å². The Kier molecular flexibility index (Phi) is 4.72. The molecule has 0 unspecified atom stereocenters. The van der Waals surface area contributed by atoms with Crippen molar-refractivity contribution in [2.24, 2.45) is 0 Å². The molecule has 0 amide bonds. The molecule has 124 valence electrons. The normalized spacial score (nSPS) is 14.9. The molecule has 2 aromatic rings. The lowest BCUT2D eigenvalue weighted by atomic mass is 10.1. The van der Waals surface area contributed by atoms with Crippen molar-refractivity contribution >= 4 is 21.4 Å². The average molecular weight is 341 g/mol. The van der Waals surface area contributed by atoms with Crippen LogP contribution in [0.15, 0.2) is 53.4 Å². The summed E-state index contributed by atoms with van der Waals surface area (Å²) in [5.41, 5.74) is 1.93. The minimum atomic E-state index is -3.69. The SMILES string of the molecule is N#Cc1ccc(S(=O)(=O)Nc2ccccc2N2CCCCC2)cc1. The van der Waals surface area contributed by atoms with Crippen molar-refractivity contribution in [3.05, 3.63) is 54.1 Å². The molecule has 1 aliphatic rings.